The highest BCUT2D eigenvalue weighted by Crippen LogP contribution is 2.20. The third kappa shape index (κ3) is 1.43. The van der Waals surface area contributed by atoms with Crippen LogP contribution in [0.3, 0.4) is 0 Å². The first kappa shape index (κ1) is 7.46. The monoisotopic (exact) mass is 153 g/mol. The summed E-state index contributed by atoms with van der Waals surface area (Å²) in [5.41, 5.74) is -0.241. The summed E-state index contributed by atoms with van der Waals surface area (Å²) < 4.78 is 4.62. The fraction of sp³-hybridized carbons (Fsp3) is 0.167. The summed E-state index contributed by atoms with van der Waals surface area (Å²) in [5, 5.41) is 10.2. The van der Waals surface area contributed by atoms with E-state index in [1.807, 2.05) is 0 Å². The minimum atomic E-state index is -0.591. The third-order valence-corrected chi connectivity index (χ3v) is 1.06. The average molecular weight is 153 g/mol. The Bertz CT molecular complexity index is 274. The van der Waals surface area contributed by atoms with Gasteiger partial charge in [0.25, 0.3) is 5.88 Å². The van der Waals surface area contributed by atoms with Crippen LogP contribution in [0.1, 0.15) is 0 Å². The number of hydrogen-bond acceptors (Lipinski definition) is 4. The highest BCUT2D eigenvalue weighted by Gasteiger charge is 2.13. The Kier molecular flexibility index (Phi) is 2.00. The molecule has 0 aliphatic carbocycles. The van der Waals surface area contributed by atoms with E-state index in [2.05, 4.69) is 15.8 Å². The van der Waals surface area contributed by atoms with Crippen molar-refractivity contribution in [1.29, 1.82) is 0 Å². The SMILES string of the molecule is COc1ncc[c]c1[N+](=O)[O-]. The standard InChI is InChI=1S/C6H5N2O3/c1-11-6-5(8(9)10)3-2-4-7-6/h2,4H,1H3. The highest BCUT2D eigenvalue weighted by molar-refractivity contribution is 5.38. The molecule has 1 radical (unpaired) electrons. The summed E-state index contributed by atoms with van der Waals surface area (Å²) in [5.74, 6) is -0.0162. The molecule has 1 heterocycles. The van der Waals surface area contributed by atoms with E-state index in [1.54, 1.807) is 0 Å². The van der Waals surface area contributed by atoms with Crippen molar-refractivity contribution in [3.63, 3.8) is 0 Å². The quantitative estimate of drug-likeness (QED) is 0.465. The van der Waals surface area contributed by atoms with Crippen molar-refractivity contribution in [2.75, 3.05) is 7.11 Å². The lowest BCUT2D eigenvalue weighted by Crippen LogP contribution is -1.95. The van der Waals surface area contributed by atoms with Crippen molar-refractivity contribution >= 4 is 5.69 Å². The molecule has 0 spiro atoms. The normalized spacial score (nSPS) is 9.18. The predicted octanol–water partition coefficient (Wildman–Crippen LogP) is 0.799. The van der Waals surface area contributed by atoms with Gasteiger partial charge in [-0.25, -0.2) is 4.98 Å². The average Bonchev–Trinajstić information content (AvgIpc) is 2.04. The molecule has 0 amide bonds. The first-order valence-electron chi connectivity index (χ1n) is 2.80. The van der Waals surface area contributed by atoms with Crippen molar-refractivity contribution < 1.29 is 9.66 Å². The van der Waals surface area contributed by atoms with Crippen LogP contribution in [0.15, 0.2) is 12.3 Å². The molecule has 0 aliphatic rings. The van der Waals surface area contributed by atoms with E-state index >= 15 is 0 Å². The molecule has 57 valence electrons. The minimum absolute atomic E-state index is 0.0162. The Hall–Kier alpha value is -1.65. The number of nitro groups is 1. The molecule has 0 fully saturated rings. The lowest BCUT2D eigenvalue weighted by atomic mass is 10.4. The molecule has 5 heteroatoms. The summed E-state index contributed by atoms with van der Waals surface area (Å²) in [6, 6.07) is 3.76. The van der Waals surface area contributed by atoms with E-state index in [-0.39, 0.29) is 11.6 Å². The topological polar surface area (TPSA) is 65.3 Å². The van der Waals surface area contributed by atoms with E-state index in [9.17, 15) is 10.1 Å². The van der Waals surface area contributed by atoms with Gasteiger partial charge in [-0.3, -0.25) is 10.1 Å². The summed E-state index contributed by atoms with van der Waals surface area (Å²) in [7, 11) is 1.32. The minimum Gasteiger partial charge on any atom is -0.476 e. The summed E-state index contributed by atoms with van der Waals surface area (Å²) in [4.78, 5) is 13.3. The predicted molar refractivity (Wildman–Crippen MR) is 36.3 cm³/mol. The zero-order valence-corrected chi connectivity index (χ0v) is 5.77. The van der Waals surface area contributed by atoms with Crippen LogP contribution in [0.25, 0.3) is 0 Å². The number of nitrogens with zero attached hydrogens (tertiary/aromatic N) is 2. The molecule has 0 atom stereocenters. The molecule has 1 aromatic heterocycles. The number of rotatable bonds is 2. The van der Waals surface area contributed by atoms with Crippen molar-refractivity contribution in [1.82, 2.24) is 4.98 Å². The summed E-state index contributed by atoms with van der Waals surface area (Å²) in [6.07, 6.45) is 1.38. The van der Waals surface area contributed by atoms with Crippen LogP contribution >= 0.6 is 0 Å². The molecule has 5 nitrogen and oxygen atoms in total. The second-order valence-electron chi connectivity index (χ2n) is 1.70. The van der Waals surface area contributed by atoms with Gasteiger partial charge in [-0.1, -0.05) is 0 Å². The number of pyridine rings is 1. The maximum Gasteiger partial charge on any atom is 0.338 e. The van der Waals surface area contributed by atoms with Gasteiger partial charge >= 0.3 is 5.69 Å². The Morgan fingerprint density at radius 2 is 2.55 bits per heavy atom. The zero-order chi connectivity index (χ0) is 8.27. The molecule has 0 aromatic carbocycles. The Morgan fingerprint density at radius 3 is 3.00 bits per heavy atom. The molecular weight excluding hydrogens is 148 g/mol. The van der Waals surface area contributed by atoms with Crippen molar-refractivity contribution in [3.05, 3.63) is 28.4 Å². The Balaban J connectivity index is 3.12. The van der Waals surface area contributed by atoms with E-state index in [0.29, 0.717) is 0 Å². The largest absolute Gasteiger partial charge is 0.476 e. The lowest BCUT2D eigenvalue weighted by molar-refractivity contribution is -0.386. The van der Waals surface area contributed by atoms with Crippen LogP contribution in [-0.4, -0.2) is 17.0 Å². The maximum atomic E-state index is 10.2. The molecular formula is C6H5N2O3. The van der Waals surface area contributed by atoms with Crippen LogP contribution in [-0.2, 0) is 0 Å². The summed E-state index contributed by atoms with van der Waals surface area (Å²) in [6.45, 7) is 0. The molecule has 0 aliphatic heterocycles. The Labute approximate surface area is 62.8 Å². The van der Waals surface area contributed by atoms with Crippen LogP contribution in [0, 0.1) is 16.2 Å². The van der Waals surface area contributed by atoms with E-state index < -0.39 is 4.92 Å². The van der Waals surface area contributed by atoms with Gasteiger partial charge in [-0.2, -0.15) is 0 Å². The van der Waals surface area contributed by atoms with E-state index in [0.717, 1.165) is 0 Å². The lowest BCUT2D eigenvalue weighted by Gasteiger charge is -1.96. The Morgan fingerprint density at radius 1 is 1.82 bits per heavy atom. The second-order valence-corrected chi connectivity index (χ2v) is 1.70. The summed E-state index contributed by atoms with van der Waals surface area (Å²) >= 11 is 0. The van der Waals surface area contributed by atoms with Gasteiger partial charge in [-0.15, -0.1) is 0 Å². The van der Waals surface area contributed by atoms with Gasteiger partial charge in [0.15, 0.2) is 0 Å². The van der Waals surface area contributed by atoms with Crippen LogP contribution in [0.4, 0.5) is 5.69 Å². The van der Waals surface area contributed by atoms with Gasteiger partial charge in [0.2, 0.25) is 0 Å². The van der Waals surface area contributed by atoms with Gasteiger partial charge in [0.1, 0.15) is 0 Å². The van der Waals surface area contributed by atoms with Crippen molar-refractivity contribution in [2.24, 2.45) is 0 Å². The number of hydrogen-bond donors (Lipinski definition) is 0. The molecule has 0 bridgehead atoms. The molecule has 0 unspecified atom stereocenters. The van der Waals surface area contributed by atoms with Gasteiger partial charge in [-0.05, 0) is 6.07 Å². The van der Waals surface area contributed by atoms with E-state index in [1.165, 1.54) is 19.4 Å². The smallest absolute Gasteiger partial charge is 0.338 e. The maximum absolute atomic E-state index is 10.2. The molecule has 1 rings (SSSR count). The van der Waals surface area contributed by atoms with Gasteiger partial charge < -0.3 is 4.74 Å². The molecule has 0 saturated heterocycles. The molecule has 0 saturated carbocycles. The first-order chi connectivity index (χ1) is 5.25. The number of ether oxygens (including phenoxy) is 1. The third-order valence-electron chi connectivity index (χ3n) is 1.06. The van der Waals surface area contributed by atoms with E-state index in [4.69, 9.17) is 0 Å². The van der Waals surface area contributed by atoms with Gasteiger partial charge in [0.05, 0.1) is 18.1 Å². The number of methoxy groups -OCH3 is 1. The fourth-order valence-electron chi connectivity index (χ4n) is 0.624. The zero-order valence-electron chi connectivity index (χ0n) is 5.77. The fourth-order valence-corrected chi connectivity index (χ4v) is 0.624. The van der Waals surface area contributed by atoms with Crippen LogP contribution in [0.5, 0.6) is 5.88 Å². The second kappa shape index (κ2) is 2.96. The van der Waals surface area contributed by atoms with Gasteiger partial charge in [0, 0.05) is 6.20 Å². The van der Waals surface area contributed by atoms with Crippen LogP contribution < -0.4 is 4.74 Å². The highest BCUT2D eigenvalue weighted by atomic mass is 16.6. The van der Waals surface area contributed by atoms with Crippen LogP contribution in [0.2, 0.25) is 0 Å². The number of aromatic nitrogens is 1. The first-order valence-corrected chi connectivity index (χ1v) is 2.80. The van der Waals surface area contributed by atoms with Crippen molar-refractivity contribution in [3.8, 4) is 5.88 Å². The van der Waals surface area contributed by atoms with Crippen molar-refractivity contribution in [2.45, 2.75) is 0 Å². The molecule has 0 N–H and O–H groups in total. The molecule has 11 heavy (non-hydrogen) atoms. The molecule has 1 aromatic rings.